The van der Waals surface area contributed by atoms with Gasteiger partial charge in [0.25, 0.3) is 0 Å². The zero-order valence-corrected chi connectivity index (χ0v) is 22.2. The van der Waals surface area contributed by atoms with Crippen LogP contribution in [0.5, 0.6) is 5.75 Å². The van der Waals surface area contributed by atoms with Crippen molar-refractivity contribution in [1.29, 1.82) is 0 Å². The molecular weight excluding hydrogens is 486 g/mol. The highest BCUT2D eigenvalue weighted by Crippen LogP contribution is 2.40. The summed E-state index contributed by atoms with van der Waals surface area (Å²) in [5.41, 5.74) is 2.12. The van der Waals surface area contributed by atoms with E-state index in [1.54, 1.807) is 0 Å². The van der Waals surface area contributed by atoms with Gasteiger partial charge in [-0.05, 0) is 99.2 Å². The predicted molar refractivity (Wildman–Crippen MR) is 147 cm³/mol. The quantitative estimate of drug-likeness (QED) is 0.499. The number of ether oxygens (including phenoxy) is 2. The molecule has 2 amide bonds. The van der Waals surface area contributed by atoms with Gasteiger partial charge in [0.2, 0.25) is 0 Å². The minimum atomic E-state index is -0.0275. The number of nitrogens with zero attached hydrogens (tertiary/aromatic N) is 2. The summed E-state index contributed by atoms with van der Waals surface area (Å²) in [4.78, 5) is 17.6. The van der Waals surface area contributed by atoms with Crippen molar-refractivity contribution in [1.82, 2.24) is 9.80 Å². The highest BCUT2D eigenvalue weighted by atomic mass is 35.5. The Morgan fingerprint density at radius 1 is 0.838 bits per heavy atom. The Bertz CT molecular complexity index is 1030. The minimum Gasteiger partial charge on any atom is -0.490 e. The summed E-state index contributed by atoms with van der Waals surface area (Å²) in [6, 6.07) is 18.0. The molecule has 6 nitrogen and oxygen atoms in total. The fourth-order valence-electron chi connectivity index (χ4n) is 7.00. The Hall–Kier alpha value is -2.28. The Morgan fingerprint density at radius 2 is 1.49 bits per heavy atom. The normalized spacial score (nSPS) is 27.3. The lowest BCUT2D eigenvalue weighted by atomic mass is 9.89. The van der Waals surface area contributed by atoms with Gasteiger partial charge in [-0.3, -0.25) is 4.90 Å². The lowest BCUT2D eigenvalue weighted by Crippen LogP contribution is -2.52. The fourth-order valence-corrected chi connectivity index (χ4v) is 7.13. The van der Waals surface area contributed by atoms with Gasteiger partial charge >= 0.3 is 6.03 Å². The molecule has 3 atom stereocenters. The first-order valence-electron chi connectivity index (χ1n) is 14.1. The van der Waals surface area contributed by atoms with Crippen LogP contribution in [0.2, 0.25) is 5.02 Å². The Labute approximate surface area is 225 Å². The van der Waals surface area contributed by atoms with E-state index < -0.39 is 0 Å². The van der Waals surface area contributed by atoms with E-state index >= 15 is 0 Å². The predicted octanol–water partition coefficient (Wildman–Crippen LogP) is 6.30. The lowest BCUT2D eigenvalue weighted by Gasteiger charge is -2.44. The number of urea groups is 1. The Balaban J connectivity index is 0.974. The first-order valence-corrected chi connectivity index (χ1v) is 14.4. The number of fused-ring (bicyclic) bond motifs is 2. The van der Waals surface area contributed by atoms with Crippen LogP contribution in [0, 0.1) is 0 Å². The maximum absolute atomic E-state index is 12.9. The third kappa shape index (κ3) is 5.76. The molecule has 2 aromatic rings. The molecule has 0 aromatic heterocycles. The smallest absolute Gasteiger partial charge is 0.321 e. The number of anilines is 1. The number of hydrogen-bond acceptors (Lipinski definition) is 4. The monoisotopic (exact) mass is 523 g/mol. The zero-order chi connectivity index (χ0) is 25.2. The summed E-state index contributed by atoms with van der Waals surface area (Å²) in [6.45, 7) is 3.33. The van der Waals surface area contributed by atoms with Crippen molar-refractivity contribution in [3.63, 3.8) is 0 Å². The number of halogens is 1. The van der Waals surface area contributed by atoms with Crippen molar-refractivity contribution in [2.75, 3.05) is 31.6 Å². The topological polar surface area (TPSA) is 54.0 Å². The molecule has 2 bridgehead atoms. The van der Waals surface area contributed by atoms with Gasteiger partial charge in [0.1, 0.15) is 11.9 Å². The van der Waals surface area contributed by atoms with Crippen LogP contribution in [0.25, 0.3) is 0 Å². The van der Waals surface area contributed by atoms with Crippen molar-refractivity contribution in [3.05, 3.63) is 59.1 Å². The molecule has 4 aliphatic heterocycles. The lowest BCUT2D eigenvalue weighted by molar-refractivity contribution is -0.0237. The first kappa shape index (κ1) is 25.0. The highest BCUT2D eigenvalue weighted by molar-refractivity contribution is 6.30. The number of likely N-dealkylation sites (tertiary alicyclic amines) is 1. The largest absolute Gasteiger partial charge is 0.490 e. The van der Waals surface area contributed by atoms with E-state index in [0.29, 0.717) is 24.0 Å². The zero-order valence-electron chi connectivity index (χ0n) is 21.5. The molecule has 4 saturated heterocycles. The molecule has 0 saturated carbocycles. The van der Waals surface area contributed by atoms with Crippen LogP contribution in [0.1, 0.15) is 62.8 Å². The van der Waals surface area contributed by atoms with Crippen molar-refractivity contribution < 1.29 is 14.3 Å². The van der Waals surface area contributed by atoms with Crippen LogP contribution in [-0.2, 0) is 4.74 Å². The second-order valence-corrected chi connectivity index (χ2v) is 11.6. The standard InChI is InChI=1S/C30H38ClN3O3/c31-23-3-1-21(2-4-23)22-11-15-33(16-12-22)30(35)32-24-5-9-28(10-6-24)37-29-19-26-7-8-27(20-29)34(26)25-13-17-36-18-14-25/h1-6,9-10,22,25-27,29H,7-8,11-20H2,(H,32,35)/t26-,27+,29?. The van der Waals surface area contributed by atoms with Gasteiger partial charge in [0, 0.05) is 55.1 Å². The Kier molecular flexibility index (Phi) is 7.59. The molecule has 1 N–H and O–H groups in total. The van der Waals surface area contributed by atoms with Crippen LogP contribution in [0.3, 0.4) is 0 Å². The number of hydrogen-bond donors (Lipinski definition) is 1. The van der Waals surface area contributed by atoms with Gasteiger partial charge in [-0.2, -0.15) is 0 Å². The summed E-state index contributed by atoms with van der Waals surface area (Å²) >= 11 is 6.02. The first-order chi connectivity index (χ1) is 18.1. The van der Waals surface area contributed by atoms with Crippen LogP contribution < -0.4 is 10.1 Å². The van der Waals surface area contributed by atoms with Gasteiger partial charge in [-0.1, -0.05) is 23.7 Å². The number of rotatable bonds is 5. The second-order valence-electron chi connectivity index (χ2n) is 11.2. The highest BCUT2D eigenvalue weighted by Gasteiger charge is 2.44. The number of nitrogens with one attached hydrogen (secondary N) is 1. The van der Waals surface area contributed by atoms with Crippen LogP contribution in [0.4, 0.5) is 10.5 Å². The third-order valence-corrected chi connectivity index (χ3v) is 9.14. The van der Waals surface area contributed by atoms with Gasteiger partial charge < -0.3 is 19.7 Å². The molecule has 0 aliphatic carbocycles. The number of carbonyl (C=O) groups excluding carboxylic acids is 1. The number of benzene rings is 2. The van der Waals surface area contributed by atoms with Crippen molar-refractivity contribution in [2.45, 2.75) is 81.5 Å². The van der Waals surface area contributed by atoms with Gasteiger partial charge in [0.15, 0.2) is 0 Å². The molecule has 6 rings (SSSR count). The summed E-state index contributed by atoms with van der Waals surface area (Å²) in [5.74, 6) is 1.38. The van der Waals surface area contributed by atoms with Gasteiger partial charge in [-0.15, -0.1) is 0 Å². The van der Waals surface area contributed by atoms with E-state index in [1.807, 2.05) is 41.3 Å². The Morgan fingerprint density at radius 3 is 2.14 bits per heavy atom. The molecule has 7 heteroatoms. The molecule has 4 aliphatic rings. The van der Waals surface area contributed by atoms with Crippen molar-refractivity contribution in [2.24, 2.45) is 0 Å². The molecule has 2 aromatic carbocycles. The number of piperidine rings is 2. The van der Waals surface area contributed by atoms with Gasteiger partial charge in [-0.25, -0.2) is 4.79 Å². The van der Waals surface area contributed by atoms with E-state index in [9.17, 15) is 4.79 Å². The number of amides is 2. The van der Waals surface area contributed by atoms with E-state index in [-0.39, 0.29) is 12.1 Å². The third-order valence-electron chi connectivity index (χ3n) is 8.89. The van der Waals surface area contributed by atoms with E-state index in [1.165, 1.54) is 31.2 Å². The molecule has 0 spiro atoms. The van der Waals surface area contributed by atoms with E-state index in [4.69, 9.17) is 21.1 Å². The molecule has 37 heavy (non-hydrogen) atoms. The molecule has 1 unspecified atom stereocenters. The summed E-state index contributed by atoms with van der Waals surface area (Å²) in [7, 11) is 0. The van der Waals surface area contributed by atoms with Crippen molar-refractivity contribution in [3.8, 4) is 5.75 Å². The maximum Gasteiger partial charge on any atom is 0.321 e. The molecule has 0 radical (unpaired) electrons. The fraction of sp³-hybridized carbons (Fsp3) is 0.567. The molecule has 4 heterocycles. The van der Waals surface area contributed by atoms with E-state index in [2.05, 4.69) is 22.3 Å². The summed E-state index contributed by atoms with van der Waals surface area (Å²) in [5, 5.41) is 3.83. The number of carbonyl (C=O) groups is 1. The van der Waals surface area contributed by atoms with Crippen molar-refractivity contribution >= 4 is 23.3 Å². The average molecular weight is 524 g/mol. The molecule has 198 valence electrons. The SMILES string of the molecule is O=C(Nc1ccc(OC2C[C@H]3CC[C@@H](C2)N3C2CCOCC2)cc1)N1CCC(c2ccc(Cl)cc2)CC1. The maximum atomic E-state index is 12.9. The van der Waals surface area contributed by atoms with Crippen LogP contribution in [-0.4, -0.2) is 66.4 Å². The average Bonchev–Trinajstić information content (AvgIpc) is 3.21. The molecular formula is C30H38ClN3O3. The van der Waals surface area contributed by atoms with E-state index in [0.717, 1.165) is 68.4 Å². The van der Waals surface area contributed by atoms with Crippen LogP contribution in [0.15, 0.2) is 48.5 Å². The van der Waals surface area contributed by atoms with Crippen LogP contribution >= 0.6 is 11.6 Å². The summed E-state index contributed by atoms with van der Waals surface area (Å²) in [6.07, 6.45) is 9.37. The minimum absolute atomic E-state index is 0.0275. The second kappa shape index (κ2) is 11.2. The summed E-state index contributed by atoms with van der Waals surface area (Å²) < 4.78 is 12.0. The van der Waals surface area contributed by atoms with Gasteiger partial charge in [0.05, 0.1) is 0 Å². The molecule has 4 fully saturated rings.